The number of benzene rings is 2. The lowest BCUT2D eigenvalue weighted by atomic mass is 10.2. The predicted octanol–water partition coefficient (Wildman–Crippen LogP) is 4.49. The predicted molar refractivity (Wildman–Crippen MR) is 152 cm³/mol. The Morgan fingerprint density at radius 3 is 2.33 bits per heavy atom. The van der Waals surface area contributed by atoms with E-state index in [4.69, 9.17) is 4.74 Å². The zero-order valence-electron chi connectivity index (χ0n) is 23.1. The summed E-state index contributed by atoms with van der Waals surface area (Å²) in [5.41, 5.74) is 0.634. The molecular formula is C29H30FN5O6S. The molecule has 2 N–H and O–H groups in total. The molecule has 1 unspecified atom stereocenters. The maximum absolute atomic E-state index is 13.8. The maximum Gasteiger partial charge on any atom is 0.416 e. The number of nitrogens with zero attached hydrogens (tertiary/aromatic N) is 4. The molecule has 0 bridgehead atoms. The first kappa shape index (κ1) is 30.3. The van der Waals surface area contributed by atoms with Crippen molar-refractivity contribution in [1.82, 2.24) is 20.1 Å². The van der Waals surface area contributed by atoms with Crippen molar-refractivity contribution >= 4 is 27.7 Å². The number of hydrogen-bond acceptors (Lipinski definition) is 8. The second-order valence-corrected chi connectivity index (χ2v) is 12.3. The van der Waals surface area contributed by atoms with E-state index in [0.717, 1.165) is 40.4 Å². The molecule has 0 aliphatic heterocycles. The highest BCUT2D eigenvalue weighted by Gasteiger charge is 2.32. The quantitative estimate of drug-likeness (QED) is 0.253. The fraction of sp³-hybridized carbons (Fsp3) is 0.241. The summed E-state index contributed by atoms with van der Waals surface area (Å²) in [4.78, 5) is 29.5. The number of sulfone groups is 1. The average molecular weight is 596 g/mol. The second-order valence-electron chi connectivity index (χ2n) is 10.3. The standard InChI is InChI=1S/C29H30FN5O6S/c1-29(2,3)41-28(38)34(19-26(36)37)25-7-4-6-24(33-25)27(42(39,40)23-14-10-21(30)11-15-23)31-18-20-8-12-22(13-9-20)35-17-5-16-32-35/h4-17,27,31H,18-19H2,1-3H3,(H,36,37). The van der Waals surface area contributed by atoms with Crippen molar-refractivity contribution in [3.05, 3.63) is 102 Å². The van der Waals surface area contributed by atoms with E-state index in [2.05, 4.69) is 15.4 Å². The van der Waals surface area contributed by atoms with Gasteiger partial charge in [0.2, 0.25) is 0 Å². The van der Waals surface area contributed by atoms with Gasteiger partial charge in [-0.2, -0.15) is 5.10 Å². The number of hydrogen-bond donors (Lipinski definition) is 2. The summed E-state index contributed by atoms with van der Waals surface area (Å²) >= 11 is 0. The van der Waals surface area contributed by atoms with Crippen molar-refractivity contribution in [3.63, 3.8) is 0 Å². The number of carbonyl (C=O) groups is 2. The number of carbonyl (C=O) groups excluding carboxylic acids is 1. The summed E-state index contributed by atoms with van der Waals surface area (Å²) in [5, 5.41) is 15.2. The van der Waals surface area contributed by atoms with Crippen LogP contribution >= 0.6 is 0 Å². The van der Waals surface area contributed by atoms with E-state index in [9.17, 15) is 27.5 Å². The molecule has 0 aliphatic rings. The van der Waals surface area contributed by atoms with E-state index < -0.39 is 45.2 Å². The molecule has 4 rings (SSSR count). The second kappa shape index (κ2) is 12.5. The van der Waals surface area contributed by atoms with Gasteiger partial charge in [0, 0.05) is 18.9 Å². The number of halogens is 1. The van der Waals surface area contributed by atoms with Gasteiger partial charge >= 0.3 is 12.1 Å². The van der Waals surface area contributed by atoms with E-state index >= 15 is 0 Å². The fourth-order valence-electron chi connectivity index (χ4n) is 3.96. The van der Waals surface area contributed by atoms with Gasteiger partial charge < -0.3 is 9.84 Å². The lowest BCUT2D eigenvalue weighted by molar-refractivity contribution is -0.135. The number of pyridine rings is 1. The number of carboxylic acids is 1. The lowest BCUT2D eigenvalue weighted by Crippen LogP contribution is -2.40. The zero-order valence-corrected chi connectivity index (χ0v) is 24.0. The van der Waals surface area contributed by atoms with Crippen molar-refractivity contribution in [3.8, 4) is 5.69 Å². The van der Waals surface area contributed by atoms with Gasteiger partial charge in [-0.3, -0.25) is 15.0 Å². The smallest absolute Gasteiger partial charge is 0.416 e. The van der Waals surface area contributed by atoms with Gasteiger partial charge in [-0.05, 0) is 80.9 Å². The summed E-state index contributed by atoms with van der Waals surface area (Å²) in [6.07, 6.45) is 2.49. The molecule has 220 valence electrons. The Balaban J connectivity index is 1.70. The molecule has 0 saturated heterocycles. The molecule has 0 saturated carbocycles. The largest absolute Gasteiger partial charge is 0.480 e. The third-order valence-corrected chi connectivity index (χ3v) is 7.82. The Morgan fingerprint density at radius 2 is 1.74 bits per heavy atom. The molecule has 1 atom stereocenters. The van der Waals surface area contributed by atoms with Crippen molar-refractivity contribution in [2.45, 2.75) is 43.2 Å². The van der Waals surface area contributed by atoms with Gasteiger partial charge in [0.25, 0.3) is 0 Å². The van der Waals surface area contributed by atoms with Gasteiger partial charge in [-0.25, -0.2) is 27.3 Å². The number of ether oxygens (including phenoxy) is 1. The van der Waals surface area contributed by atoms with Gasteiger partial charge in [-0.1, -0.05) is 18.2 Å². The molecular weight excluding hydrogens is 565 g/mol. The minimum Gasteiger partial charge on any atom is -0.480 e. The molecule has 4 aromatic rings. The molecule has 1 amide bonds. The summed E-state index contributed by atoms with van der Waals surface area (Å²) < 4.78 is 48.3. The van der Waals surface area contributed by atoms with Crippen LogP contribution < -0.4 is 10.2 Å². The van der Waals surface area contributed by atoms with Crippen LogP contribution in [0.2, 0.25) is 0 Å². The summed E-state index contributed by atoms with van der Waals surface area (Å²) in [5.74, 6) is -2.04. The molecule has 2 aromatic carbocycles. The van der Waals surface area contributed by atoms with Crippen LogP contribution in [0, 0.1) is 5.82 Å². The van der Waals surface area contributed by atoms with Crippen LogP contribution in [0.15, 0.2) is 90.1 Å². The maximum atomic E-state index is 13.8. The van der Waals surface area contributed by atoms with Gasteiger partial charge in [0.15, 0.2) is 15.2 Å². The first-order valence-corrected chi connectivity index (χ1v) is 14.4. The van der Waals surface area contributed by atoms with Gasteiger partial charge in [0.05, 0.1) is 16.3 Å². The zero-order chi connectivity index (χ0) is 30.5. The topological polar surface area (TPSA) is 144 Å². The van der Waals surface area contributed by atoms with Crippen LogP contribution in [0.1, 0.15) is 37.4 Å². The van der Waals surface area contributed by atoms with Gasteiger partial charge in [0.1, 0.15) is 23.8 Å². The van der Waals surface area contributed by atoms with E-state index in [1.165, 1.54) is 18.2 Å². The Kier molecular flexibility index (Phi) is 9.02. The van der Waals surface area contributed by atoms with Crippen LogP contribution in [0.4, 0.5) is 15.0 Å². The molecule has 11 nitrogen and oxygen atoms in total. The van der Waals surface area contributed by atoms with E-state index in [1.807, 2.05) is 24.3 Å². The van der Waals surface area contributed by atoms with E-state index in [1.54, 1.807) is 43.9 Å². The summed E-state index contributed by atoms with van der Waals surface area (Å²) in [6, 6.07) is 17.7. The highest BCUT2D eigenvalue weighted by atomic mass is 32.2. The number of nitrogens with one attached hydrogen (secondary N) is 1. The SMILES string of the molecule is CC(C)(C)OC(=O)N(CC(=O)O)c1cccc(C(NCc2ccc(-n3cccn3)cc2)S(=O)(=O)c2ccc(F)cc2)n1. The number of aliphatic carboxylic acids is 1. The van der Waals surface area contributed by atoms with Crippen LogP contribution in [-0.4, -0.2) is 52.5 Å². The number of carboxylic acid groups (broad SMARTS) is 1. The Labute approximate surface area is 242 Å². The minimum absolute atomic E-state index is 0.0102. The normalized spacial score (nSPS) is 12.5. The van der Waals surface area contributed by atoms with Crippen molar-refractivity contribution in [2.24, 2.45) is 0 Å². The molecule has 2 heterocycles. The first-order valence-electron chi connectivity index (χ1n) is 12.8. The third kappa shape index (κ3) is 7.56. The number of amides is 1. The lowest BCUT2D eigenvalue weighted by Gasteiger charge is -2.26. The summed E-state index contributed by atoms with van der Waals surface area (Å²) in [7, 11) is -4.20. The molecule has 13 heteroatoms. The fourth-order valence-corrected chi connectivity index (χ4v) is 5.50. The van der Waals surface area contributed by atoms with E-state index in [0.29, 0.717) is 0 Å². The molecule has 2 aromatic heterocycles. The number of aromatic nitrogens is 3. The molecule has 0 fully saturated rings. The molecule has 0 spiro atoms. The van der Waals surface area contributed by atoms with Crippen LogP contribution in [0.25, 0.3) is 5.69 Å². The van der Waals surface area contributed by atoms with Crippen LogP contribution in [0.3, 0.4) is 0 Å². The average Bonchev–Trinajstić information content (AvgIpc) is 3.47. The van der Waals surface area contributed by atoms with Crippen molar-refractivity contribution in [1.29, 1.82) is 0 Å². The van der Waals surface area contributed by atoms with Crippen LogP contribution in [0.5, 0.6) is 0 Å². The molecule has 0 radical (unpaired) electrons. The highest BCUT2D eigenvalue weighted by molar-refractivity contribution is 7.91. The monoisotopic (exact) mass is 595 g/mol. The van der Waals surface area contributed by atoms with E-state index in [-0.39, 0.29) is 23.0 Å². The van der Waals surface area contributed by atoms with Crippen molar-refractivity contribution in [2.75, 3.05) is 11.4 Å². The Morgan fingerprint density at radius 1 is 1.05 bits per heavy atom. The van der Waals surface area contributed by atoms with Gasteiger partial charge in [-0.15, -0.1) is 0 Å². The number of rotatable bonds is 10. The minimum atomic E-state index is -4.20. The number of anilines is 1. The highest BCUT2D eigenvalue weighted by Crippen LogP contribution is 2.28. The Hall–Kier alpha value is -4.62. The first-order chi connectivity index (χ1) is 19.8. The third-order valence-electron chi connectivity index (χ3n) is 5.86. The Bertz CT molecular complexity index is 1640. The summed E-state index contributed by atoms with van der Waals surface area (Å²) in [6.45, 7) is 4.22. The van der Waals surface area contributed by atoms with Crippen LogP contribution in [-0.2, 0) is 25.9 Å². The van der Waals surface area contributed by atoms with Crippen molar-refractivity contribution < 1.29 is 32.2 Å². The molecule has 0 aliphatic carbocycles. The molecule has 42 heavy (non-hydrogen) atoms.